The van der Waals surface area contributed by atoms with Crippen molar-refractivity contribution in [2.24, 2.45) is 5.73 Å². The second kappa shape index (κ2) is 6.85. The van der Waals surface area contributed by atoms with Crippen molar-refractivity contribution in [3.63, 3.8) is 0 Å². The molecule has 7 nitrogen and oxygen atoms in total. The summed E-state index contributed by atoms with van der Waals surface area (Å²) in [5, 5.41) is 17.2. The quantitative estimate of drug-likeness (QED) is 0.556. The van der Waals surface area contributed by atoms with Crippen molar-refractivity contribution in [1.29, 1.82) is 0 Å². The molecule has 98 valence electrons. The minimum absolute atomic E-state index is 0.195. The standard InChI is InChI=1S/C10H18N2O5/c1-3-12(6(2)4-8(13)14)10(17)7(11)5-9(15)16/h6-7H,3-5,11H2,1-2H3,(H,13,14)(H,15,16). The van der Waals surface area contributed by atoms with E-state index in [1.54, 1.807) is 13.8 Å². The van der Waals surface area contributed by atoms with Crippen LogP contribution < -0.4 is 5.73 Å². The molecule has 4 N–H and O–H groups in total. The zero-order valence-corrected chi connectivity index (χ0v) is 9.92. The van der Waals surface area contributed by atoms with E-state index >= 15 is 0 Å². The highest BCUT2D eigenvalue weighted by Gasteiger charge is 2.26. The average molecular weight is 246 g/mol. The fourth-order valence-electron chi connectivity index (χ4n) is 1.54. The molecule has 0 aliphatic heterocycles. The van der Waals surface area contributed by atoms with Crippen LogP contribution in [0.15, 0.2) is 0 Å². The van der Waals surface area contributed by atoms with Gasteiger partial charge in [0.05, 0.1) is 18.9 Å². The summed E-state index contributed by atoms with van der Waals surface area (Å²) in [6.45, 7) is 3.56. The Labute approximate surface area is 99.2 Å². The number of carbonyl (C=O) groups excluding carboxylic acids is 1. The number of rotatable bonds is 7. The van der Waals surface area contributed by atoms with Gasteiger partial charge < -0.3 is 20.8 Å². The fourth-order valence-corrected chi connectivity index (χ4v) is 1.54. The molecule has 0 heterocycles. The molecule has 0 radical (unpaired) electrons. The summed E-state index contributed by atoms with van der Waals surface area (Å²) < 4.78 is 0. The number of nitrogens with zero attached hydrogens (tertiary/aromatic N) is 1. The maximum Gasteiger partial charge on any atom is 0.305 e. The van der Waals surface area contributed by atoms with Crippen LogP contribution in [0.1, 0.15) is 26.7 Å². The zero-order valence-electron chi connectivity index (χ0n) is 9.92. The van der Waals surface area contributed by atoms with Crippen molar-refractivity contribution in [1.82, 2.24) is 4.90 Å². The molecule has 0 aliphatic carbocycles. The molecule has 0 fully saturated rings. The van der Waals surface area contributed by atoms with E-state index in [9.17, 15) is 14.4 Å². The summed E-state index contributed by atoms with van der Waals surface area (Å²) in [5.74, 6) is -2.72. The summed E-state index contributed by atoms with van der Waals surface area (Å²) in [4.78, 5) is 34.0. The number of amides is 1. The molecule has 2 unspecified atom stereocenters. The summed E-state index contributed by atoms with van der Waals surface area (Å²) >= 11 is 0. The van der Waals surface area contributed by atoms with Gasteiger partial charge in [0.1, 0.15) is 0 Å². The van der Waals surface area contributed by atoms with Gasteiger partial charge in [-0.1, -0.05) is 0 Å². The summed E-state index contributed by atoms with van der Waals surface area (Å²) in [6, 6.07) is -1.64. The average Bonchev–Trinajstić information content (AvgIpc) is 2.16. The minimum Gasteiger partial charge on any atom is -0.481 e. The van der Waals surface area contributed by atoms with Crippen LogP contribution in [0.2, 0.25) is 0 Å². The summed E-state index contributed by atoms with van der Waals surface area (Å²) in [5.41, 5.74) is 5.44. The van der Waals surface area contributed by atoms with Gasteiger partial charge in [-0.3, -0.25) is 14.4 Å². The van der Waals surface area contributed by atoms with E-state index < -0.39 is 36.4 Å². The Hall–Kier alpha value is -1.63. The monoisotopic (exact) mass is 246 g/mol. The van der Waals surface area contributed by atoms with E-state index in [-0.39, 0.29) is 6.42 Å². The Kier molecular flexibility index (Phi) is 6.19. The second-order valence-electron chi connectivity index (χ2n) is 3.78. The Balaban J connectivity index is 4.58. The molecule has 17 heavy (non-hydrogen) atoms. The van der Waals surface area contributed by atoms with Crippen molar-refractivity contribution >= 4 is 17.8 Å². The van der Waals surface area contributed by atoms with Crippen molar-refractivity contribution < 1.29 is 24.6 Å². The van der Waals surface area contributed by atoms with Gasteiger partial charge in [-0.05, 0) is 13.8 Å². The molecule has 7 heteroatoms. The molecule has 0 spiro atoms. The number of hydrogen-bond donors (Lipinski definition) is 3. The largest absolute Gasteiger partial charge is 0.481 e. The number of hydrogen-bond acceptors (Lipinski definition) is 4. The maximum absolute atomic E-state index is 11.8. The Morgan fingerprint density at radius 3 is 2.00 bits per heavy atom. The Bertz CT molecular complexity index is 305. The van der Waals surface area contributed by atoms with Gasteiger partial charge in [0.2, 0.25) is 5.91 Å². The van der Waals surface area contributed by atoms with Gasteiger partial charge >= 0.3 is 11.9 Å². The lowest BCUT2D eigenvalue weighted by atomic mass is 10.1. The van der Waals surface area contributed by atoms with Gasteiger partial charge in [-0.25, -0.2) is 0 Å². The summed E-state index contributed by atoms with van der Waals surface area (Å²) in [6.07, 6.45) is -0.658. The van der Waals surface area contributed by atoms with Crippen LogP contribution in [-0.4, -0.2) is 51.6 Å². The molecule has 0 rings (SSSR count). The van der Waals surface area contributed by atoms with Gasteiger partial charge in [0, 0.05) is 12.6 Å². The predicted molar refractivity (Wildman–Crippen MR) is 59.3 cm³/mol. The number of likely N-dealkylation sites (N-methyl/N-ethyl adjacent to an activating group) is 1. The third-order valence-electron chi connectivity index (χ3n) is 2.34. The lowest BCUT2D eigenvalue weighted by Gasteiger charge is -2.29. The molecule has 0 aliphatic rings. The maximum atomic E-state index is 11.8. The first-order valence-electron chi connectivity index (χ1n) is 5.29. The Morgan fingerprint density at radius 1 is 1.18 bits per heavy atom. The van der Waals surface area contributed by atoms with Crippen LogP contribution >= 0.6 is 0 Å². The van der Waals surface area contributed by atoms with Gasteiger partial charge in [0.25, 0.3) is 0 Å². The van der Waals surface area contributed by atoms with Crippen LogP contribution in [-0.2, 0) is 14.4 Å². The minimum atomic E-state index is -1.16. The van der Waals surface area contributed by atoms with Crippen LogP contribution in [0, 0.1) is 0 Å². The van der Waals surface area contributed by atoms with Crippen LogP contribution in [0.5, 0.6) is 0 Å². The zero-order chi connectivity index (χ0) is 13.6. The van der Waals surface area contributed by atoms with Crippen molar-refractivity contribution in [2.45, 2.75) is 38.8 Å². The second-order valence-corrected chi connectivity index (χ2v) is 3.78. The molecule has 2 atom stereocenters. The lowest BCUT2D eigenvalue weighted by Crippen LogP contribution is -2.49. The van der Waals surface area contributed by atoms with E-state index in [0.717, 1.165) is 0 Å². The summed E-state index contributed by atoms with van der Waals surface area (Å²) in [7, 11) is 0. The van der Waals surface area contributed by atoms with Gasteiger partial charge in [-0.15, -0.1) is 0 Å². The smallest absolute Gasteiger partial charge is 0.305 e. The normalized spacial score (nSPS) is 13.8. The first kappa shape index (κ1) is 15.4. The Morgan fingerprint density at radius 2 is 1.65 bits per heavy atom. The molecule has 0 saturated heterocycles. The van der Waals surface area contributed by atoms with E-state index in [0.29, 0.717) is 6.54 Å². The van der Waals surface area contributed by atoms with E-state index in [4.69, 9.17) is 15.9 Å². The van der Waals surface area contributed by atoms with E-state index in [2.05, 4.69) is 0 Å². The first-order valence-corrected chi connectivity index (χ1v) is 5.29. The fraction of sp³-hybridized carbons (Fsp3) is 0.700. The highest BCUT2D eigenvalue weighted by Crippen LogP contribution is 2.07. The lowest BCUT2D eigenvalue weighted by molar-refractivity contribution is -0.144. The molecule has 0 aromatic heterocycles. The molecule has 0 saturated carbocycles. The van der Waals surface area contributed by atoms with E-state index in [1.807, 2.05) is 0 Å². The molecular weight excluding hydrogens is 228 g/mol. The van der Waals surface area contributed by atoms with Crippen molar-refractivity contribution in [3.05, 3.63) is 0 Å². The number of aliphatic carboxylic acids is 2. The van der Waals surface area contributed by atoms with Crippen LogP contribution in [0.3, 0.4) is 0 Å². The highest BCUT2D eigenvalue weighted by atomic mass is 16.4. The molecular formula is C10H18N2O5. The molecule has 0 aromatic rings. The molecule has 0 bridgehead atoms. The van der Waals surface area contributed by atoms with Crippen LogP contribution in [0.25, 0.3) is 0 Å². The number of nitrogens with two attached hydrogens (primary N) is 1. The van der Waals surface area contributed by atoms with E-state index in [1.165, 1.54) is 4.90 Å². The molecule has 0 aromatic carbocycles. The topological polar surface area (TPSA) is 121 Å². The third-order valence-corrected chi connectivity index (χ3v) is 2.34. The van der Waals surface area contributed by atoms with Crippen LogP contribution in [0.4, 0.5) is 0 Å². The number of carboxylic acid groups (broad SMARTS) is 2. The van der Waals surface area contributed by atoms with Gasteiger partial charge in [0.15, 0.2) is 0 Å². The van der Waals surface area contributed by atoms with Crippen molar-refractivity contribution in [3.8, 4) is 0 Å². The highest BCUT2D eigenvalue weighted by molar-refractivity contribution is 5.86. The third kappa shape index (κ3) is 5.30. The number of carbonyl (C=O) groups is 3. The SMILES string of the molecule is CCN(C(=O)C(N)CC(=O)O)C(C)CC(=O)O. The first-order chi connectivity index (χ1) is 7.79. The van der Waals surface area contributed by atoms with Crippen molar-refractivity contribution in [2.75, 3.05) is 6.54 Å². The predicted octanol–water partition coefficient (Wildman–Crippen LogP) is -0.500. The van der Waals surface area contributed by atoms with Gasteiger partial charge in [-0.2, -0.15) is 0 Å². The molecule has 1 amide bonds. The number of carboxylic acids is 2.